The van der Waals surface area contributed by atoms with Crippen LogP contribution in [-0.4, -0.2) is 47.5 Å². The highest BCUT2D eigenvalue weighted by molar-refractivity contribution is 4.74. The van der Waals surface area contributed by atoms with Crippen molar-refractivity contribution < 1.29 is 10.2 Å². The van der Waals surface area contributed by atoms with Crippen molar-refractivity contribution in [3.05, 3.63) is 0 Å². The van der Waals surface area contributed by atoms with Crippen LogP contribution >= 0.6 is 0 Å². The lowest BCUT2D eigenvalue weighted by Gasteiger charge is -2.32. The number of rotatable bonds is 6. The number of aliphatic hydroxyl groups is 2. The van der Waals surface area contributed by atoms with Crippen molar-refractivity contribution in [2.75, 3.05) is 26.2 Å². The first-order valence-electron chi connectivity index (χ1n) is 5.27. The van der Waals surface area contributed by atoms with Crippen LogP contribution in [0.4, 0.5) is 0 Å². The summed E-state index contributed by atoms with van der Waals surface area (Å²) in [6, 6.07) is 0. The van der Waals surface area contributed by atoms with Gasteiger partial charge in [-0.25, -0.2) is 0 Å². The maximum Gasteiger partial charge on any atom is 0.0897 e. The van der Waals surface area contributed by atoms with Gasteiger partial charge in [0.05, 0.1) is 12.7 Å². The Morgan fingerprint density at radius 2 is 2.15 bits per heavy atom. The Hall–Kier alpha value is -0.120. The third kappa shape index (κ3) is 3.63. The smallest absolute Gasteiger partial charge is 0.0897 e. The summed E-state index contributed by atoms with van der Waals surface area (Å²) in [6.45, 7) is 4.65. The zero-order valence-electron chi connectivity index (χ0n) is 8.45. The van der Waals surface area contributed by atoms with Gasteiger partial charge in [0.1, 0.15) is 0 Å². The minimum atomic E-state index is -0.569. The third-order valence-electron chi connectivity index (χ3n) is 2.87. The summed E-state index contributed by atoms with van der Waals surface area (Å²) in [5.74, 6) is 0.839. The standard InChI is InChI=1S/C10H21NO2/c1-2-11(7-10(13)8-12)6-9-4-3-5-9/h9-10,12-13H,2-8H2,1H3. The maximum absolute atomic E-state index is 9.27. The Bertz CT molecular complexity index is 130. The van der Waals surface area contributed by atoms with Gasteiger partial charge in [0.2, 0.25) is 0 Å². The summed E-state index contributed by atoms with van der Waals surface area (Å²) >= 11 is 0. The van der Waals surface area contributed by atoms with Crippen LogP contribution in [0.5, 0.6) is 0 Å². The fourth-order valence-electron chi connectivity index (χ4n) is 1.73. The molecule has 1 aliphatic carbocycles. The first-order chi connectivity index (χ1) is 6.26. The monoisotopic (exact) mass is 187 g/mol. The van der Waals surface area contributed by atoms with E-state index in [1.165, 1.54) is 19.3 Å². The molecule has 0 aromatic rings. The first-order valence-corrected chi connectivity index (χ1v) is 5.27. The van der Waals surface area contributed by atoms with Crippen LogP contribution in [0.2, 0.25) is 0 Å². The van der Waals surface area contributed by atoms with E-state index in [0.717, 1.165) is 19.0 Å². The summed E-state index contributed by atoms with van der Waals surface area (Å²) in [7, 11) is 0. The van der Waals surface area contributed by atoms with Crippen LogP contribution in [0.25, 0.3) is 0 Å². The molecule has 3 nitrogen and oxygen atoms in total. The Morgan fingerprint density at radius 3 is 2.54 bits per heavy atom. The number of hydrogen-bond donors (Lipinski definition) is 2. The summed E-state index contributed by atoms with van der Waals surface area (Å²) in [5.41, 5.74) is 0. The molecule has 0 radical (unpaired) electrons. The molecule has 2 N–H and O–H groups in total. The van der Waals surface area contributed by atoms with E-state index < -0.39 is 6.10 Å². The van der Waals surface area contributed by atoms with Crippen LogP contribution < -0.4 is 0 Å². The quantitative estimate of drug-likeness (QED) is 0.635. The molecule has 1 atom stereocenters. The molecule has 0 spiro atoms. The highest BCUT2D eigenvalue weighted by Crippen LogP contribution is 2.26. The van der Waals surface area contributed by atoms with Crippen molar-refractivity contribution in [1.82, 2.24) is 4.90 Å². The highest BCUT2D eigenvalue weighted by atomic mass is 16.3. The van der Waals surface area contributed by atoms with Gasteiger partial charge in [-0.2, -0.15) is 0 Å². The molecule has 0 saturated heterocycles. The number of aliphatic hydroxyl groups excluding tert-OH is 2. The molecule has 0 aliphatic heterocycles. The predicted octanol–water partition coefficient (Wildman–Crippen LogP) is 0.462. The largest absolute Gasteiger partial charge is 0.394 e. The van der Waals surface area contributed by atoms with E-state index in [0.29, 0.717) is 6.54 Å². The molecule has 0 aromatic heterocycles. The Balaban J connectivity index is 2.16. The van der Waals surface area contributed by atoms with E-state index in [9.17, 15) is 5.11 Å². The van der Waals surface area contributed by atoms with E-state index in [-0.39, 0.29) is 6.61 Å². The zero-order valence-corrected chi connectivity index (χ0v) is 8.45. The summed E-state index contributed by atoms with van der Waals surface area (Å²) in [5, 5.41) is 18.0. The van der Waals surface area contributed by atoms with Gasteiger partial charge in [-0.05, 0) is 25.3 Å². The van der Waals surface area contributed by atoms with E-state index in [2.05, 4.69) is 11.8 Å². The lowest BCUT2D eigenvalue weighted by molar-refractivity contribution is 0.0506. The Kier molecular flexibility index (Phi) is 4.70. The van der Waals surface area contributed by atoms with Crippen LogP contribution in [0.1, 0.15) is 26.2 Å². The van der Waals surface area contributed by atoms with Crippen molar-refractivity contribution in [3.8, 4) is 0 Å². The zero-order chi connectivity index (χ0) is 9.68. The summed E-state index contributed by atoms with van der Waals surface area (Å²) in [4.78, 5) is 2.23. The van der Waals surface area contributed by atoms with Gasteiger partial charge >= 0.3 is 0 Å². The Morgan fingerprint density at radius 1 is 1.46 bits per heavy atom. The average Bonchev–Trinajstić information content (AvgIpc) is 2.08. The van der Waals surface area contributed by atoms with E-state index in [4.69, 9.17) is 5.11 Å². The second-order valence-corrected chi connectivity index (χ2v) is 3.99. The normalized spacial score (nSPS) is 20.3. The molecular weight excluding hydrogens is 166 g/mol. The van der Waals surface area contributed by atoms with Gasteiger partial charge in [-0.1, -0.05) is 13.3 Å². The molecule has 3 heteroatoms. The molecule has 1 unspecified atom stereocenters. The van der Waals surface area contributed by atoms with E-state index >= 15 is 0 Å². The van der Waals surface area contributed by atoms with Crippen molar-refractivity contribution >= 4 is 0 Å². The minimum absolute atomic E-state index is 0.124. The van der Waals surface area contributed by atoms with Gasteiger partial charge in [-0.15, -0.1) is 0 Å². The van der Waals surface area contributed by atoms with Gasteiger partial charge in [-0.3, -0.25) is 0 Å². The van der Waals surface area contributed by atoms with Crippen LogP contribution in [-0.2, 0) is 0 Å². The lowest BCUT2D eigenvalue weighted by atomic mass is 9.85. The Labute approximate surface area is 80.4 Å². The average molecular weight is 187 g/mol. The van der Waals surface area contributed by atoms with Gasteiger partial charge in [0.25, 0.3) is 0 Å². The molecule has 0 bridgehead atoms. The van der Waals surface area contributed by atoms with Crippen LogP contribution in [0.15, 0.2) is 0 Å². The molecule has 1 aliphatic rings. The molecule has 0 amide bonds. The molecule has 0 aromatic carbocycles. The molecule has 0 heterocycles. The number of nitrogens with zero attached hydrogens (tertiary/aromatic N) is 1. The minimum Gasteiger partial charge on any atom is -0.394 e. The molecule has 1 saturated carbocycles. The number of hydrogen-bond acceptors (Lipinski definition) is 3. The fourth-order valence-corrected chi connectivity index (χ4v) is 1.73. The molecule has 1 fully saturated rings. The molecular formula is C10H21NO2. The maximum atomic E-state index is 9.27. The van der Waals surface area contributed by atoms with Crippen molar-refractivity contribution in [3.63, 3.8) is 0 Å². The SMILES string of the molecule is CCN(CC(O)CO)CC1CCC1. The van der Waals surface area contributed by atoms with Crippen molar-refractivity contribution in [2.45, 2.75) is 32.3 Å². The van der Waals surface area contributed by atoms with Gasteiger partial charge in [0, 0.05) is 13.1 Å². The first kappa shape index (κ1) is 11.0. The third-order valence-corrected chi connectivity index (χ3v) is 2.87. The summed E-state index contributed by atoms with van der Waals surface area (Å²) in [6.07, 6.45) is 3.47. The van der Waals surface area contributed by atoms with Crippen molar-refractivity contribution in [1.29, 1.82) is 0 Å². The number of likely N-dealkylation sites (N-methyl/N-ethyl adjacent to an activating group) is 1. The van der Waals surface area contributed by atoms with Gasteiger partial charge in [0.15, 0.2) is 0 Å². The molecule has 13 heavy (non-hydrogen) atoms. The second kappa shape index (κ2) is 5.58. The van der Waals surface area contributed by atoms with Crippen LogP contribution in [0.3, 0.4) is 0 Å². The molecule has 1 rings (SSSR count). The highest BCUT2D eigenvalue weighted by Gasteiger charge is 2.20. The summed E-state index contributed by atoms with van der Waals surface area (Å²) < 4.78 is 0. The fraction of sp³-hybridized carbons (Fsp3) is 1.00. The van der Waals surface area contributed by atoms with E-state index in [1.54, 1.807) is 0 Å². The van der Waals surface area contributed by atoms with Crippen molar-refractivity contribution in [2.24, 2.45) is 5.92 Å². The second-order valence-electron chi connectivity index (χ2n) is 3.99. The van der Waals surface area contributed by atoms with Gasteiger partial charge < -0.3 is 15.1 Å². The van der Waals surface area contributed by atoms with Crippen LogP contribution in [0, 0.1) is 5.92 Å². The van der Waals surface area contributed by atoms with E-state index in [1.807, 2.05) is 0 Å². The molecule has 78 valence electrons. The lowest BCUT2D eigenvalue weighted by Crippen LogP contribution is -2.38. The predicted molar refractivity (Wildman–Crippen MR) is 52.5 cm³/mol. The topological polar surface area (TPSA) is 43.7 Å².